The molecule has 0 unspecified atom stereocenters. The van der Waals surface area contributed by atoms with Crippen LogP contribution < -0.4 is 9.47 Å². The normalized spacial score (nSPS) is 16.7. The van der Waals surface area contributed by atoms with Crippen molar-refractivity contribution in [2.45, 2.75) is 58.4 Å². The Hall–Kier alpha value is -4.13. The van der Waals surface area contributed by atoms with Crippen LogP contribution in [-0.2, 0) is 33.5 Å². The second kappa shape index (κ2) is 13.4. The number of likely N-dealkylation sites (tertiary alicyclic amines) is 1. The van der Waals surface area contributed by atoms with Crippen molar-refractivity contribution >= 4 is 11.9 Å². The third kappa shape index (κ3) is 7.10. The predicted molar refractivity (Wildman–Crippen MR) is 149 cm³/mol. The predicted octanol–water partition coefficient (Wildman–Crippen LogP) is 5.20. The van der Waals surface area contributed by atoms with Gasteiger partial charge in [-0.25, -0.2) is 0 Å². The highest BCUT2D eigenvalue weighted by molar-refractivity contribution is 5.73. The molecular formula is C30H35F3N4O6. The Bertz CT molecular complexity index is 1450. The maximum atomic E-state index is 13.6. The molecule has 1 aromatic heterocycles. The summed E-state index contributed by atoms with van der Waals surface area (Å²) < 4.78 is 58.9. The summed E-state index contributed by atoms with van der Waals surface area (Å²) in [4.78, 5) is 23.1. The zero-order valence-corrected chi connectivity index (χ0v) is 24.5. The quantitative estimate of drug-likeness (QED) is 0.408. The lowest BCUT2D eigenvalue weighted by Crippen LogP contribution is -2.37. The summed E-state index contributed by atoms with van der Waals surface area (Å²) in [6.45, 7) is 4.81. The molecule has 1 fully saturated rings. The number of rotatable bonds is 6. The molecule has 2 aliphatic heterocycles. The lowest BCUT2D eigenvalue weighted by atomic mass is 9.94. The molecule has 3 aromatic rings. The van der Waals surface area contributed by atoms with Crippen LogP contribution in [0.15, 0.2) is 36.4 Å². The van der Waals surface area contributed by atoms with E-state index in [1.165, 1.54) is 14.2 Å². The van der Waals surface area contributed by atoms with Crippen LogP contribution in [0.3, 0.4) is 0 Å². The monoisotopic (exact) mass is 604 g/mol. The van der Waals surface area contributed by atoms with E-state index in [0.29, 0.717) is 41.4 Å². The number of nitrogens with zero attached hydrogens (tertiary/aromatic N) is 4. The van der Waals surface area contributed by atoms with Crippen LogP contribution in [0.1, 0.15) is 67.6 Å². The number of piperidine rings is 1. The highest BCUT2D eigenvalue weighted by atomic mass is 19.4. The Morgan fingerprint density at radius 1 is 1.07 bits per heavy atom. The first-order valence-electron chi connectivity index (χ1n) is 13.9. The molecule has 10 nitrogen and oxygen atoms in total. The van der Waals surface area contributed by atoms with Crippen LogP contribution in [0, 0.1) is 5.92 Å². The number of methoxy groups -OCH3 is 2. The van der Waals surface area contributed by atoms with Crippen molar-refractivity contribution in [3.63, 3.8) is 0 Å². The number of hydrogen-bond donors (Lipinski definition) is 1. The minimum atomic E-state index is -4.65. The number of aliphatic carboxylic acids is 1. The summed E-state index contributed by atoms with van der Waals surface area (Å²) >= 11 is 0. The fraction of sp³-hybridized carbons (Fsp3) is 0.467. The number of alkyl halides is 3. The summed E-state index contributed by atoms with van der Waals surface area (Å²) in [6.07, 6.45) is -2.72. The van der Waals surface area contributed by atoms with E-state index in [4.69, 9.17) is 19.3 Å². The molecule has 1 amide bonds. The largest absolute Gasteiger partial charge is 0.493 e. The van der Waals surface area contributed by atoms with Crippen molar-refractivity contribution in [1.29, 1.82) is 0 Å². The van der Waals surface area contributed by atoms with Gasteiger partial charge in [0.1, 0.15) is 12.7 Å². The number of aryl methyl sites for hydroxylation is 1. The zero-order valence-electron chi connectivity index (χ0n) is 24.5. The van der Waals surface area contributed by atoms with Gasteiger partial charge in [-0.15, -0.1) is 10.2 Å². The molecule has 0 spiro atoms. The van der Waals surface area contributed by atoms with E-state index in [9.17, 15) is 22.8 Å². The molecule has 2 aromatic carbocycles. The van der Waals surface area contributed by atoms with Crippen LogP contribution in [0.5, 0.6) is 11.5 Å². The molecule has 43 heavy (non-hydrogen) atoms. The van der Waals surface area contributed by atoms with Gasteiger partial charge < -0.3 is 24.2 Å². The van der Waals surface area contributed by atoms with Gasteiger partial charge >= 0.3 is 12.1 Å². The minimum Gasteiger partial charge on any atom is -0.493 e. The summed E-state index contributed by atoms with van der Waals surface area (Å²) in [7, 11) is 3.04. The van der Waals surface area contributed by atoms with Crippen LogP contribution in [0.2, 0.25) is 0 Å². The van der Waals surface area contributed by atoms with Gasteiger partial charge in [-0.1, -0.05) is 31.2 Å². The van der Waals surface area contributed by atoms with Gasteiger partial charge in [-0.05, 0) is 42.9 Å². The molecule has 232 valence electrons. The van der Waals surface area contributed by atoms with E-state index in [1.807, 2.05) is 19.1 Å². The topological polar surface area (TPSA) is 116 Å². The molecular weight excluding hydrogens is 569 g/mol. The first-order chi connectivity index (χ1) is 20.5. The van der Waals surface area contributed by atoms with Gasteiger partial charge in [0.25, 0.3) is 0 Å². The number of carbonyl (C=O) groups excluding carboxylic acids is 1. The van der Waals surface area contributed by atoms with Crippen LogP contribution in [0.25, 0.3) is 5.69 Å². The smallest absolute Gasteiger partial charge is 0.452 e. The number of carboxylic acids is 1. The molecule has 2 aliphatic rings. The van der Waals surface area contributed by atoms with E-state index < -0.39 is 24.1 Å². The number of benzene rings is 2. The SMILES string of the molecule is CC(=O)N1CCC(CC(=O)O)CC1.CCc1ccc2c(c1)[C@@H](c1cccc(OC)c1OC)OCc1nnc(C(F)(F)F)n1-2. The Morgan fingerprint density at radius 2 is 1.79 bits per heavy atom. The third-order valence-corrected chi connectivity index (χ3v) is 7.63. The molecule has 0 saturated carbocycles. The number of carbonyl (C=O) groups is 2. The molecule has 0 bridgehead atoms. The fourth-order valence-electron chi connectivity index (χ4n) is 5.41. The maximum absolute atomic E-state index is 13.6. The molecule has 1 N–H and O–H groups in total. The van der Waals surface area contributed by atoms with E-state index in [-0.39, 0.29) is 30.7 Å². The van der Waals surface area contributed by atoms with Gasteiger partial charge in [0, 0.05) is 37.6 Å². The third-order valence-electron chi connectivity index (χ3n) is 7.63. The van der Waals surface area contributed by atoms with Crippen molar-refractivity contribution in [1.82, 2.24) is 19.7 Å². The molecule has 5 rings (SSSR count). The number of hydrogen-bond acceptors (Lipinski definition) is 7. The zero-order chi connectivity index (χ0) is 31.3. The Labute approximate surface area is 247 Å². The molecule has 3 heterocycles. The summed E-state index contributed by atoms with van der Waals surface area (Å²) in [5.74, 6) is -0.414. The summed E-state index contributed by atoms with van der Waals surface area (Å²) in [5, 5.41) is 15.7. The lowest BCUT2D eigenvalue weighted by Gasteiger charge is -2.30. The molecule has 1 saturated heterocycles. The second-order valence-electron chi connectivity index (χ2n) is 10.3. The average molecular weight is 605 g/mol. The minimum absolute atomic E-state index is 0.0807. The van der Waals surface area contributed by atoms with Gasteiger partial charge in [0.05, 0.1) is 19.9 Å². The van der Waals surface area contributed by atoms with Crippen molar-refractivity contribution in [3.8, 4) is 17.2 Å². The number of aromatic nitrogens is 3. The van der Waals surface area contributed by atoms with Gasteiger partial charge in [-0.3, -0.25) is 14.2 Å². The maximum Gasteiger partial charge on any atom is 0.452 e. The first kappa shape index (κ1) is 31.8. The summed E-state index contributed by atoms with van der Waals surface area (Å²) in [5.41, 5.74) is 2.52. The van der Waals surface area contributed by atoms with Crippen molar-refractivity contribution in [3.05, 3.63) is 64.7 Å². The van der Waals surface area contributed by atoms with E-state index >= 15 is 0 Å². The standard InChI is InChI=1S/C21H20F3N3O3.C9H15NO3/c1-4-12-8-9-15-14(10-12)18(13-6-5-7-16(28-2)19(13)29-3)30-11-17-25-26-20(27(15)17)21(22,23)24;1-7(11)10-4-2-8(3-5-10)6-9(12)13/h5-10,18H,4,11H2,1-3H3;8H,2-6H2,1H3,(H,12,13)/t18-;/m1./s1. The van der Waals surface area contributed by atoms with Crippen LogP contribution >= 0.6 is 0 Å². The number of ether oxygens (including phenoxy) is 3. The van der Waals surface area contributed by atoms with E-state index in [2.05, 4.69) is 10.2 Å². The first-order valence-corrected chi connectivity index (χ1v) is 13.9. The van der Waals surface area contributed by atoms with Crippen molar-refractivity contribution < 1.29 is 42.1 Å². The molecule has 13 heteroatoms. The van der Waals surface area contributed by atoms with Crippen LogP contribution in [-0.4, -0.2) is 64.0 Å². The van der Waals surface area contributed by atoms with Gasteiger partial charge in [-0.2, -0.15) is 13.2 Å². The second-order valence-corrected chi connectivity index (χ2v) is 10.3. The van der Waals surface area contributed by atoms with E-state index in [1.54, 1.807) is 36.1 Å². The van der Waals surface area contributed by atoms with Gasteiger partial charge in [0.2, 0.25) is 11.7 Å². The highest BCUT2D eigenvalue weighted by Gasteiger charge is 2.41. The van der Waals surface area contributed by atoms with Gasteiger partial charge in [0.15, 0.2) is 17.3 Å². The van der Waals surface area contributed by atoms with E-state index in [0.717, 1.165) is 29.4 Å². The number of amides is 1. The molecule has 0 radical (unpaired) electrons. The number of fused-ring (bicyclic) bond motifs is 3. The Morgan fingerprint density at radius 3 is 2.37 bits per heavy atom. The van der Waals surface area contributed by atoms with Crippen molar-refractivity contribution in [2.24, 2.45) is 5.92 Å². The highest BCUT2D eigenvalue weighted by Crippen LogP contribution is 2.44. The van der Waals surface area contributed by atoms with Crippen LogP contribution in [0.4, 0.5) is 13.2 Å². The number of carboxylic acid groups (broad SMARTS) is 1. The molecule has 0 aliphatic carbocycles. The fourth-order valence-corrected chi connectivity index (χ4v) is 5.41. The Kier molecular flexibility index (Phi) is 9.95. The van der Waals surface area contributed by atoms with Crippen molar-refractivity contribution in [2.75, 3.05) is 27.3 Å². The molecule has 1 atom stereocenters. The Balaban J connectivity index is 0.000000273. The lowest BCUT2D eigenvalue weighted by molar-refractivity contribution is -0.146. The average Bonchev–Trinajstić information content (AvgIpc) is 3.35. The number of para-hydroxylation sites is 1. The number of halogens is 3. The summed E-state index contributed by atoms with van der Waals surface area (Å²) in [6, 6.07) is 10.7.